The first kappa shape index (κ1) is 8.83. The van der Waals surface area contributed by atoms with E-state index in [9.17, 15) is 13.2 Å². The van der Waals surface area contributed by atoms with E-state index in [0.717, 1.165) is 12.3 Å². The van der Waals surface area contributed by atoms with E-state index in [0.29, 0.717) is 0 Å². The maximum atomic E-state index is 12.1. The molecule has 1 rings (SSSR count). The Morgan fingerprint density at radius 2 is 2.17 bits per heavy atom. The van der Waals surface area contributed by atoms with Crippen LogP contribution in [0.3, 0.4) is 0 Å². The molecule has 66 valence electrons. The molecule has 0 fully saturated rings. The molecule has 12 heavy (non-hydrogen) atoms. The smallest absolute Gasteiger partial charge is 0.280 e. The van der Waals surface area contributed by atoms with E-state index >= 15 is 0 Å². The summed E-state index contributed by atoms with van der Waals surface area (Å²) in [4.78, 5) is 3.34. The number of alkyl halides is 3. The van der Waals surface area contributed by atoms with Gasteiger partial charge in [-0.05, 0) is 6.07 Å². The highest BCUT2D eigenvalue weighted by Crippen LogP contribution is 2.20. The molecular formula is C7H7F3N2. The van der Waals surface area contributed by atoms with Crippen molar-refractivity contribution in [1.29, 1.82) is 0 Å². The molecule has 0 spiro atoms. The monoisotopic (exact) mass is 176 g/mol. The van der Waals surface area contributed by atoms with Gasteiger partial charge in [0.25, 0.3) is 6.43 Å². The van der Waals surface area contributed by atoms with Crippen LogP contribution in [-0.2, 0) is 6.67 Å². The van der Waals surface area contributed by atoms with Crippen molar-refractivity contribution in [2.75, 3.05) is 5.73 Å². The summed E-state index contributed by atoms with van der Waals surface area (Å²) >= 11 is 0. The molecule has 1 aromatic heterocycles. The summed E-state index contributed by atoms with van der Waals surface area (Å²) in [7, 11) is 0. The fourth-order valence-corrected chi connectivity index (χ4v) is 0.761. The largest absolute Gasteiger partial charge is 0.397 e. The van der Waals surface area contributed by atoms with Crippen LogP contribution < -0.4 is 5.73 Å². The Morgan fingerprint density at radius 1 is 1.50 bits per heavy atom. The number of halogens is 3. The lowest BCUT2D eigenvalue weighted by molar-refractivity contribution is 0.146. The van der Waals surface area contributed by atoms with E-state index in [1.807, 2.05) is 0 Å². The zero-order valence-corrected chi connectivity index (χ0v) is 6.10. The van der Waals surface area contributed by atoms with E-state index in [1.165, 1.54) is 0 Å². The summed E-state index contributed by atoms with van der Waals surface area (Å²) in [5, 5.41) is 0. The van der Waals surface area contributed by atoms with Crippen molar-refractivity contribution in [3.8, 4) is 0 Å². The number of aromatic nitrogens is 1. The van der Waals surface area contributed by atoms with E-state index in [1.54, 1.807) is 0 Å². The fourth-order valence-electron chi connectivity index (χ4n) is 0.761. The summed E-state index contributed by atoms with van der Waals surface area (Å²) in [6.45, 7) is -0.853. The van der Waals surface area contributed by atoms with Gasteiger partial charge in [0, 0.05) is 5.56 Å². The number of nitrogens with two attached hydrogens (primary N) is 1. The molecule has 1 aromatic rings. The number of nitrogens with zero attached hydrogens (tertiary/aromatic N) is 1. The molecule has 0 amide bonds. The third-order valence-corrected chi connectivity index (χ3v) is 1.41. The molecule has 2 N–H and O–H groups in total. The van der Waals surface area contributed by atoms with Crippen LogP contribution in [0, 0.1) is 0 Å². The lowest BCUT2D eigenvalue weighted by Gasteiger charge is -2.03. The number of rotatable bonds is 2. The van der Waals surface area contributed by atoms with Crippen LogP contribution in [0.25, 0.3) is 0 Å². The van der Waals surface area contributed by atoms with Crippen LogP contribution in [-0.4, -0.2) is 4.98 Å². The summed E-state index contributed by atoms with van der Waals surface area (Å²) in [6.07, 6.45) is -1.65. The van der Waals surface area contributed by atoms with Gasteiger partial charge in [-0.15, -0.1) is 0 Å². The van der Waals surface area contributed by atoms with Crippen molar-refractivity contribution in [3.05, 3.63) is 23.5 Å². The number of anilines is 1. The molecule has 2 nitrogen and oxygen atoms in total. The molecule has 0 radical (unpaired) electrons. The Hall–Kier alpha value is -1.26. The Labute approximate surface area is 67.2 Å². The lowest BCUT2D eigenvalue weighted by Crippen LogP contribution is -1.97. The average Bonchev–Trinajstić information content (AvgIpc) is 2.05. The highest BCUT2D eigenvalue weighted by atomic mass is 19.3. The molecular weight excluding hydrogens is 169 g/mol. The minimum atomic E-state index is -2.68. The quantitative estimate of drug-likeness (QED) is 0.749. The van der Waals surface area contributed by atoms with Gasteiger partial charge in [0.05, 0.1) is 11.9 Å². The minimum Gasteiger partial charge on any atom is -0.397 e. The Bertz CT molecular complexity index is 275. The van der Waals surface area contributed by atoms with Gasteiger partial charge in [-0.25, -0.2) is 13.2 Å². The third-order valence-electron chi connectivity index (χ3n) is 1.41. The molecule has 0 aromatic carbocycles. The summed E-state index contributed by atoms with van der Waals surface area (Å²) in [5.41, 5.74) is 4.96. The van der Waals surface area contributed by atoms with Crippen molar-refractivity contribution in [3.63, 3.8) is 0 Å². The molecule has 1 heterocycles. The van der Waals surface area contributed by atoms with Gasteiger partial charge < -0.3 is 5.73 Å². The Morgan fingerprint density at radius 3 is 2.67 bits per heavy atom. The zero-order valence-electron chi connectivity index (χ0n) is 6.10. The van der Waals surface area contributed by atoms with Crippen LogP contribution >= 0.6 is 0 Å². The summed E-state index contributed by atoms with van der Waals surface area (Å²) in [6, 6.07) is 0.972. The van der Waals surface area contributed by atoms with Gasteiger partial charge in [0.15, 0.2) is 0 Å². The molecule has 0 aliphatic rings. The molecule has 0 aliphatic heterocycles. The van der Waals surface area contributed by atoms with Gasteiger partial charge >= 0.3 is 0 Å². The molecule has 5 heteroatoms. The maximum Gasteiger partial charge on any atom is 0.280 e. The molecule has 0 unspecified atom stereocenters. The minimum absolute atomic E-state index is 0.0558. The average molecular weight is 176 g/mol. The van der Waals surface area contributed by atoms with Crippen LogP contribution in [0.4, 0.5) is 18.9 Å². The predicted octanol–water partition coefficient (Wildman–Crippen LogP) is 2.07. The van der Waals surface area contributed by atoms with Crippen LogP contribution in [0.2, 0.25) is 0 Å². The highest BCUT2D eigenvalue weighted by Gasteiger charge is 2.10. The van der Waals surface area contributed by atoms with Gasteiger partial charge in [0.2, 0.25) is 0 Å². The normalized spacial score (nSPS) is 10.7. The van der Waals surface area contributed by atoms with Gasteiger partial charge in [-0.1, -0.05) is 0 Å². The Balaban J connectivity index is 3.05. The topological polar surface area (TPSA) is 38.9 Å². The van der Waals surface area contributed by atoms with Crippen molar-refractivity contribution < 1.29 is 13.2 Å². The summed E-state index contributed by atoms with van der Waals surface area (Å²) in [5.74, 6) is 0. The standard InChI is InChI=1S/C7H7F3N2/c8-2-4-1-6(7(9)10)12-3-5(4)11/h1,3,7H,2,11H2. The first-order valence-electron chi connectivity index (χ1n) is 3.23. The van der Waals surface area contributed by atoms with Crippen molar-refractivity contribution >= 4 is 5.69 Å². The number of hydrogen-bond acceptors (Lipinski definition) is 2. The van der Waals surface area contributed by atoms with Crippen LogP contribution in [0.1, 0.15) is 17.7 Å². The second-order valence-corrected chi connectivity index (χ2v) is 2.24. The second-order valence-electron chi connectivity index (χ2n) is 2.24. The first-order chi connectivity index (χ1) is 5.65. The predicted molar refractivity (Wildman–Crippen MR) is 38.4 cm³/mol. The molecule has 0 saturated carbocycles. The van der Waals surface area contributed by atoms with Crippen molar-refractivity contribution in [2.45, 2.75) is 13.1 Å². The number of hydrogen-bond donors (Lipinski definition) is 1. The van der Waals surface area contributed by atoms with Crippen molar-refractivity contribution in [1.82, 2.24) is 4.98 Å². The summed E-state index contributed by atoms with van der Waals surface area (Å²) < 4.78 is 36.1. The van der Waals surface area contributed by atoms with E-state index in [2.05, 4.69) is 4.98 Å². The lowest BCUT2D eigenvalue weighted by atomic mass is 10.2. The van der Waals surface area contributed by atoms with E-state index in [-0.39, 0.29) is 11.3 Å². The molecule has 0 bridgehead atoms. The van der Waals surface area contributed by atoms with Gasteiger partial charge in [-0.2, -0.15) is 0 Å². The SMILES string of the molecule is Nc1cnc(C(F)F)cc1CF. The van der Waals surface area contributed by atoms with Crippen LogP contribution in [0.15, 0.2) is 12.3 Å². The van der Waals surface area contributed by atoms with E-state index < -0.39 is 18.8 Å². The van der Waals surface area contributed by atoms with Gasteiger partial charge in [0.1, 0.15) is 12.4 Å². The molecule has 0 aliphatic carbocycles. The third kappa shape index (κ3) is 1.66. The van der Waals surface area contributed by atoms with Crippen molar-refractivity contribution in [2.24, 2.45) is 0 Å². The molecule has 0 atom stereocenters. The van der Waals surface area contributed by atoms with Crippen LogP contribution in [0.5, 0.6) is 0 Å². The Kier molecular flexibility index (Phi) is 2.52. The zero-order chi connectivity index (χ0) is 9.14. The maximum absolute atomic E-state index is 12.1. The van der Waals surface area contributed by atoms with Gasteiger partial charge in [-0.3, -0.25) is 4.98 Å². The number of pyridine rings is 1. The van der Waals surface area contributed by atoms with E-state index in [4.69, 9.17) is 5.73 Å². The number of nitrogen functional groups attached to an aromatic ring is 1. The molecule has 0 saturated heterocycles. The highest BCUT2D eigenvalue weighted by molar-refractivity contribution is 5.44. The second kappa shape index (κ2) is 3.42. The fraction of sp³-hybridized carbons (Fsp3) is 0.286. The first-order valence-corrected chi connectivity index (χ1v) is 3.23.